The van der Waals surface area contributed by atoms with Gasteiger partial charge in [0.15, 0.2) is 11.5 Å². The molecule has 0 aromatic heterocycles. The summed E-state index contributed by atoms with van der Waals surface area (Å²) >= 11 is 0. The second-order valence-corrected chi connectivity index (χ2v) is 13.5. The molecule has 0 aliphatic heterocycles. The van der Waals surface area contributed by atoms with Gasteiger partial charge in [-0.1, -0.05) is 146 Å². The molecule has 0 amide bonds. The third-order valence-electron chi connectivity index (χ3n) is 6.49. The second kappa shape index (κ2) is 12.8. The molecule has 0 saturated heterocycles. The Morgan fingerprint density at radius 2 is 0.525 bits per heavy atom. The Labute approximate surface area is 238 Å². The lowest BCUT2D eigenvalue weighted by Gasteiger charge is -2.23. The van der Waals surface area contributed by atoms with Crippen molar-refractivity contribution in [3.63, 3.8) is 0 Å². The molecule has 0 spiro atoms. The van der Waals surface area contributed by atoms with E-state index in [-0.39, 0.29) is 0 Å². The Bertz CT molecular complexity index is 1440. The zero-order valence-electron chi connectivity index (χ0n) is 21.9. The van der Waals surface area contributed by atoms with Crippen LogP contribution in [0.1, 0.15) is 0 Å². The minimum absolute atomic E-state index is 0.722. The maximum Gasteiger partial charge on any atom is 0.186 e. The second-order valence-electron chi connectivity index (χ2n) is 9.12. The normalized spacial score (nSPS) is 10.9. The van der Waals surface area contributed by atoms with E-state index in [1.54, 1.807) is 0 Å². The predicted molar refractivity (Wildman–Crippen MR) is 172 cm³/mol. The average Bonchev–Trinajstić information content (AvgIpc) is 3.04. The molecule has 0 aliphatic carbocycles. The molecule has 0 atom stereocenters. The van der Waals surface area contributed by atoms with Gasteiger partial charge in [0.25, 0.3) is 0 Å². The predicted octanol–water partition coefficient (Wildman–Crippen LogP) is 6.58. The van der Waals surface area contributed by atoms with E-state index in [0.29, 0.717) is 0 Å². The lowest BCUT2D eigenvalue weighted by Crippen LogP contribution is -2.24. The molecule has 0 N–H and O–H groups in total. The summed E-state index contributed by atoms with van der Waals surface area (Å²) in [5.41, 5.74) is 0. The van der Waals surface area contributed by atoms with Gasteiger partial charge in [-0.2, -0.15) is 0 Å². The van der Waals surface area contributed by atoms with Gasteiger partial charge in [0.2, 0.25) is 0 Å². The summed E-state index contributed by atoms with van der Waals surface area (Å²) in [6.45, 7) is 0. The number of rotatable bonds is 9. The smallest absolute Gasteiger partial charge is 0.186 e. The molecule has 0 aliphatic rings. The lowest BCUT2D eigenvalue weighted by molar-refractivity contribution is -0.0978. The summed E-state index contributed by atoms with van der Waals surface area (Å²) in [7, 11) is -1.68. The maximum atomic E-state index is 6.24. The highest BCUT2D eigenvalue weighted by Crippen LogP contribution is 2.38. The Balaban J connectivity index is 1.37. The van der Waals surface area contributed by atoms with E-state index in [1.807, 2.05) is 24.3 Å². The molecule has 6 rings (SSSR count). The summed E-state index contributed by atoms with van der Waals surface area (Å²) < 4.78 is 0. The first kappa shape index (κ1) is 26.0. The number of hydrogen-bond acceptors (Lipinski definition) is 2. The highest BCUT2D eigenvalue weighted by atomic mass is 31.1. The van der Waals surface area contributed by atoms with Crippen LogP contribution in [0.25, 0.3) is 0 Å². The van der Waals surface area contributed by atoms with Gasteiger partial charge in [-0.05, 0) is 61.3 Å². The van der Waals surface area contributed by atoms with Gasteiger partial charge in [0.05, 0.1) is 0 Å². The minimum atomic E-state index is -0.841. The van der Waals surface area contributed by atoms with E-state index in [0.717, 1.165) is 22.1 Å². The van der Waals surface area contributed by atoms with Crippen LogP contribution < -0.4 is 41.6 Å². The molecule has 40 heavy (non-hydrogen) atoms. The molecule has 4 heteroatoms. The van der Waals surface area contributed by atoms with E-state index in [9.17, 15) is 0 Å². The molecular weight excluding hydrogens is 526 g/mol. The van der Waals surface area contributed by atoms with E-state index < -0.39 is 15.8 Å². The van der Waals surface area contributed by atoms with Crippen molar-refractivity contribution in [2.75, 3.05) is 0 Å². The molecular formula is C36H28O2P2. The van der Waals surface area contributed by atoms with Crippen LogP contribution in [0, 0.1) is 0 Å². The van der Waals surface area contributed by atoms with Crippen molar-refractivity contribution in [3.8, 4) is 11.5 Å². The van der Waals surface area contributed by atoms with Crippen molar-refractivity contribution < 1.29 is 9.78 Å². The lowest BCUT2D eigenvalue weighted by atomic mass is 10.3. The molecule has 0 bridgehead atoms. The first-order chi connectivity index (χ1) is 19.9. The Hall–Kier alpha value is -4.22. The van der Waals surface area contributed by atoms with Crippen LogP contribution in [-0.4, -0.2) is 0 Å². The third kappa shape index (κ3) is 5.85. The fourth-order valence-electron chi connectivity index (χ4n) is 4.68. The van der Waals surface area contributed by atoms with Crippen LogP contribution in [0.5, 0.6) is 11.5 Å². The molecule has 0 fully saturated rings. The topological polar surface area (TPSA) is 18.5 Å². The van der Waals surface area contributed by atoms with Gasteiger partial charge in [-0.15, -0.1) is 0 Å². The third-order valence-corrected chi connectivity index (χ3v) is 11.5. The molecule has 2 nitrogen and oxygen atoms in total. The fourth-order valence-corrected chi connectivity index (χ4v) is 9.40. The minimum Gasteiger partial charge on any atom is -0.289 e. The summed E-state index contributed by atoms with van der Waals surface area (Å²) in [6, 6.07) is 59.0. The number of benzene rings is 6. The first-order valence-electron chi connectivity index (χ1n) is 13.2. The van der Waals surface area contributed by atoms with Gasteiger partial charge in [-0.25, -0.2) is 0 Å². The zero-order valence-corrected chi connectivity index (χ0v) is 23.7. The zero-order chi connectivity index (χ0) is 27.0. The summed E-state index contributed by atoms with van der Waals surface area (Å²) in [4.78, 5) is 12.5. The van der Waals surface area contributed by atoms with Crippen LogP contribution >= 0.6 is 15.8 Å². The van der Waals surface area contributed by atoms with Crippen LogP contribution in [0.2, 0.25) is 0 Å². The molecule has 194 valence electrons. The molecule has 0 radical (unpaired) electrons. The molecule has 0 unspecified atom stereocenters. The summed E-state index contributed by atoms with van der Waals surface area (Å²) in [5, 5.41) is 7.27. The van der Waals surface area contributed by atoms with Crippen molar-refractivity contribution in [1.29, 1.82) is 0 Å². The Kier molecular flexibility index (Phi) is 8.30. The van der Waals surface area contributed by atoms with Crippen molar-refractivity contribution >= 4 is 47.7 Å². The Morgan fingerprint density at radius 3 is 0.825 bits per heavy atom. The highest BCUT2D eigenvalue weighted by molar-refractivity contribution is 7.80. The van der Waals surface area contributed by atoms with Gasteiger partial charge in [-0.3, -0.25) is 9.78 Å². The summed E-state index contributed by atoms with van der Waals surface area (Å²) in [6.07, 6.45) is 0. The van der Waals surface area contributed by atoms with Gasteiger partial charge in [0, 0.05) is 10.6 Å². The van der Waals surface area contributed by atoms with E-state index in [4.69, 9.17) is 9.78 Å². The molecule has 0 saturated carbocycles. The maximum absolute atomic E-state index is 6.24. The van der Waals surface area contributed by atoms with Crippen molar-refractivity contribution in [2.45, 2.75) is 0 Å². The molecule has 6 aromatic rings. The fraction of sp³-hybridized carbons (Fsp3) is 0. The average molecular weight is 555 g/mol. The van der Waals surface area contributed by atoms with E-state index >= 15 is 0 Å². The largest absolute Gasteiger partial charge is 0.289 e. The highest BCUT2D eigenvalue weighted by Gasteiger charge is 2.23. The van der Waals surface area contributed by atoms with E-state index in [1.165, 1.54) is 21.2 Å². The molecule has 6 aromatic carbocycles. The van der Waals surface area contributed by atoms with Crippen molar-refractivity contribution in [3.05, 3.63) is 170 Å². The first-order valence-corrected chi connectivity index (χ1v) is 15.9. The number of hydrogen-bond donors (Lipinski definition) is 0. The van der Waals surface area contributed by atoms with Crippen LogP contribution in [0.15, 0.2) is 170 Å². The van der Waals surface area contributed by atoms with Gasteiger partial charge < -0.3 is 0 Å². The Morgan fingerprint density at radius 1 is 0.275 bits per heavy atom. The van der Waals surface area contributed by atoms with E-state index in [2.05, 4.69) is 146 Å². The molecule has 0 heterocycles. The SMILES string of the molecule is c1ccc(P(c2ccccc2)c2ccccc2OOc2ccccc2P(c2ccccc2)c2ccccc2)cc1. The monoisotopic (exact) mass is 554 g/mol. The summed E-state index contributed by atoms with van der Waals surface area (Å²) in [5.74, 6) is 1.44. The standard InChI is InChI=1S/C36H28O2P2/c1-5-17-29(18-6-1)39(30-19-7-2-8-20-30)35-27-15-13-25-33(35)37-38-34-26-14-16-28-36(34)40(31-21-9-3-10-22-31)32-23-11-4-12-24-32/h1-28H. The van der Waals surface area contributed by atoms with Gasteiger partial charge in [0.1, 0.15) is 0 Å². The van der Waals surface area contributed by atoms with Crippen molar-refractivity contribution in [2.24, 2.45) is 0 Å². The van der Waals surface area contributed by atoms with Gasteiger partial charge >= 0.3 is 0 Å². The van der Waals surface area contributed by atoms with Crippen LogP contribution in [-0.2, 0) is 0 Å². The van der Waals surface area contributed by atoms with Crippen LogP contribution in [0.3, 0.4) is 0 Å². The van der Waals surface area contributed by atoms with Crippen molar-refractivity contribution in [1.82, 2.24) is 0 Å². The number of para-hydroxylation sites is 2. The quantitative estimate of drug-likeness (QED) is 0.114. The van der Waals surface area contributed by atoms with Crippen LogP contribution in [0.4, 0.5) is 0 Å².